The van der Waals surface area contributed by atoms with Gasteiger partial charge in [-0.3, -0.25) is 0 Å². The Morgan fingerprint density at radius 3 is 1.00 bits per heavy atom. The van der Waals surface area contributed by atoms with Gasteiger partial charge in [-0.1, -0.05) is 0 Å². The van der Waals surface area contributed by atoms with Crippen LogP contribution in [0.3, 0.4) is 0 Å². The van der Waals surface area contributed by atoms with Crippen molar-refractivity contribution < 1.29 is 72.6 Å². The van der Waals surface area contributed by atoms with Crippen molar-refractivity contribution in [3.05, 3.63) is 0 Å². The predicted molar refractivity (Wildman–Crippen MR) is 11.3 cm³/mol. The Morgan fingerprint density at radius 1 is 1.00 bits per heavy atom. The van der Waals surface area contributed by atoms with Crippen LogP contribution in [0.1, 0.15) is 0 Å². The summed E-state index contributed by atoms with van der Waals surface area (Å²) < 4.78 is 0. The van der Waals surface area contributed by atoms with Crippen LogP contribution >= 0.6 is 0 Å². The third-order valence-electron chi connectivity index (χ3n) is 0. The minimum absolute atomic E-state index is 0. The summed E-state index contributed by atoms with van der Waals surface area (Å²) in [4.78, 5) is 0. The quantitative estimate of drug-likeness (QED) is 0.471. The van der Waals surface area contributed by atoms with Crippen LogP contribution in [0.2, 0.25) is 0 Å². The summed E-state index contributed by atoms with van der Waals surface area (Å²) in [5.41, 5.74) is 0. The van der Waals surface area contributed by atoms with Gasteiger partial charge in [0.1, 0.15) is 0 Å². The Hall–Kier alpha value is 3.06. The van der Waals surface area contributed by atoms with Crippen molar-refractivity contribution in [1.29, 1.82) is 0 Å². The molecule has 0 saturated carbocycles. The Balaban J connectivity index is 0. The molecule has 0 amide bonds. The van der Waals surface area contributed by atoms with Gasteiger partial charge in [0.25, 0.3) is 0 Å². The summed E-state index contributed by atoms with van der Waals surface area (Å²) in [5.74, 6) is 0. The molecule has 0 aliphatic rings. The van der Waals surface area contributed by atoms with Crippen molar-refractivity contribution in [2.24, 2.45) is 0 Å². The molecule has 39 valence electrons. The zero-order valence-corrected chi connectivity index (χ0v) is 6.29. The maximum absolute atomic E-state index is 0. The van der Waals surface area contributed by atoms with Crippen LogP contribution < -0.4 is 0 Å². The van der Waals surface area contributed by atoms with E-state index in [9.17, 15) is 0 Å². The number of hydrogen-bond acceptors (Lipinski definition) is 0. The van der Waals surface area contributed by atoms with Gasteiger partial charge in [0.15, 0.2) is 0 Å². The van der Waals surface area contributed by atoms with E-state index < -0.39 is 0 Å². The molecule has 0 aliphatic carbocycles. The van der Waals surface area contributed by atoms with E-state index in [1.165, 1.54) is 0 Å². The fourth-order valence-corrected chi connectivity index (χ4v) is 0. The van der Waals surface area contributed by atoms with Gasteiger partial charge >= 0.3 is 23.9 Å². The molecule has 0 rings (SSSR count). The summed E-state index contributed by atoms with van der Waals surface area (Å²) in [5, 5.41) is 0. The largest absolute Gasteiger partial charge is 0 e. The van der Waals surface area contributed by atoms with Crippen LogP contribution in [-0.4, -0.2) is 23.9 Å². The van der Waals surface area contributed by atoms with Gasteiger partial charge in [0.2, 0.25) is 0 Å². The van der Waals surface area contributed by atoms with E-state index in [-0.39, 0.29) is 96.5 Å². The molecule has 0 aliphatic heterocycles. The van der Waals surface area contributed by atoms with E-state index in [1.807, 2.05) is 0 Å². The molecule has 0 nitrogen and oxygen atoms in total. The first-order chi connectivity index (χ1) is 0. The molecule has 5 heavy (non-hydrogen) atoms. The minimum Gasteiger partial charge on any atom is 0 e. The van der Waals surface area contributed by atoms with Gasteiger partial charge in [0, 0.05) is 72.6 Å². The molecule has 0 aromatic carbocycles. The van der Waals surface area contributed by atoms with E-state index in [4.69, 9.17) is 0 Å². The first-order valence-corrected chi connectivity index (χ1v) is 0. The van der Waals surface area contributed by atoms with Crippen LogP contribution in [-0.2, 0) is 72.6 Å². The van der Waals surface area contributed by atoms with E-state index >= 15 is 0 Å². The first-order valence-electron chi connectivity index (χ1n) is 0. The molecule has 0 unspecified atom stereocenters. The normalized spacial score (nSPS) is 0. The average molecular weight is 345 g/mol. The summed E-state index contributed by atoms with van der Waals surface area (Å²) in [6, 6.07) is 0. The molecule has 0 N–H and O–H groups in total. The predicted octanol–water partition coefficient (Wildman–Crippen LogP) is -1.46. The van der Waals surface area contributed by atoms with Gasteiger partial charge in [0.05, 0.1) is 0 Å². The number of rotatable bonds is 0. The molecule has 0 aromatic rings. The first kappa shape index (κ1) is 42.9. The minimum atomic E-state index is 0. The third-order valence-corrected chi connectivity index (χ3v) is 0. The van der Waals surface area contributed by atoms with Crippen molar-refractivity contribution in [2.45, 2.75) is 0 Å². The molecule has 0 saturated heterocycles. The van der Waals surface area contributed by atoms with Crippen molar-refractivity contribution in [3.8, 4) is 0 Å². The standard InChI is InChI=1S/Cr.Cu.Ni.Sn.Ti.4H. The average Bonchev–Trinajstić information content (AvgIpc) is 0. The summed E-state index contributed by atoms with van der Waals surface area (Å²) in [6.07, 6.45) is 0. The summed E-state index contributed by atoms with van der Waals surface area (Å²) in [7, 11) is 0. The molecule has 0 spiro atoms. The van der Waals surface area contributed by atoms with Gasteiger partial charge in [-0.05, 0) is 0 Å². The van der Waals surface area contributed by atoms with Gasteiger partial charge in [-0.15, -0.1) is 0 Å². The molecule has 0 atom stereocenters. The monoisotopic (exact) mass is 345 g/mol. The molecule has 0 bridgehead atoms. The van der Waals surface area contributed by atoms with E-state index in [1.54, 1.807) is 0 Å². The Morgan fingerprint density at radius 2 is 1.00 bits per heavy atom. The fraction of sp³-hybridized carbons (Fsp3) is 0. The van der Waals surface area contributed by atoms with E-state index in [0.717, 1.165) is 0 Å². The fourth-order valence-electron chi connectivity index (χ4n) is 0. The van der Waals surface area contributed by atoms with Gasteiger partial charge in [-0.2, -0.15) is 0 Å². The maximum Gasteiger partial charge on any atom is 0 e. The number of hydrogen-bond donors (Lipinski definition) is 0. The van der Waals surface area contributed by atoms with E-state index in [2.05, 4.69) is 0 Å². The summed E-state index contributed by atoms with van der Waals surface area (Å²) in [6.45, 7) is 0. The van der Waals surface area contributed by atoms with Gasteiger partial charge < -0.3 is 0 Å². The molecular weight excluding hydrogens is 341 g/mol. The van der Waals surface area contributed by atoms with Crippen LogP contribution in [0.4, 0.5) is 0 Å². The van der Waals surface area contributed by atoms with Crippen LogP contribution in [0.5, 0.6) is 0 Å². The Bertz CT molecular complexity index is 11.6. The zero-order chi connectivity index (χ0) is 0. The SMILES string of the molecule is [Cr].[Cu].[Ni].[SnH4].[Ti]. The van der Waals surface area contributed by atoms with Gasteiger partial charge in [-0.25, -0.2) is 0 Å². The second-order valence-electron chi connectivity index (χ2n) is 0. The molecule has 0 heterocycles. The van der Waals surface area contributed by atoms with Crippen molar-refractivity contribution >= 4 is 23.9 Å². The Kier molecular flexibility index (Phi) is 238. The molecule has 5 heteroatoms. The topological polar surface area (TPSA) is 0 Å². The molecular formula is H4CrCuNiSnTi. The second kappa shape index (κ2) is 27.7. The van der Waals surface area contributed by atoms with Crippen molar-refractivity contribution in [3.63, 3.8) is 0 Å². The third kappa shape index (κ3) is 19.3. The van der Waals surface area contributed by atoms with E-state index in [0.29, 0.717) is 0 Å². The van der Waals surface area contributed by atoms with Crippen molar-refractivity contribution in [1.82, 2.24) is 0 Å². The van der Waals surface area contributed by atoms with Crippen molar-refractivity contribution in [2.75, 3.05) is 0 Å². The smallest absolute Gasteiger partial charge is 0 e. The molecule has 1 radical (unpaired) electrons. The molecule has 0 fully saturated rings. The molecule has 0 aromatic heterocycles. The summed E-state index contributed by atoms with van der Waals surface area (Å²) >= 11 is 0. The maximum atomic E-state index is 0. The second-order valence-corrected chi connectivity index (χ2v) is 0. The van der Waals surface area contributed by atoms with Crippen LogP contribution in [0, 0.1) is 0 Å². The van der Waals surface area contributed by atoms with Crippen LogP contribution in [0.25, 0.3) is 0 Å². The van der Waals surface area contributed by atoms with Crippen LogP contribution in [0.15, 0.2) is 0 Å². The zero-order valence-electron chi connectivity index (χ0n) is 1.53. The Labute approximate surface area is 95.0 Å².